The summed E-state index contributed by atoms with van der Waals surface area (Å²) in [6, 6.07) is 7.96. The predicted octanol–water partition coefficient (Wildman–Crippen LogP) is 2.78. The minimum atomic E-state index is -0.513. The van der Waals surface area contributed by atoms with Crippen molar-refractivity contribution in [1.82, 2.24) is 10.2 Å². The summed E-state index contributed by atoms with van der Waals surface area (Å²) in [4.78, 5) is 25.0. The first-order valence-corrected chi connectivity index (χ1v) is 8.43. The number of amides is 3. The molecule has 22 heavy (non-hydrogen) atoms. The summed E-state index contributed by atoms with van der Waals surface area (Å²) in [7, 11) is 0. The Hall–Kier alpha value is -1.56. The Morgan fingerprint density at radius 3 is 2.73 bits per heavy atom. The summed E-state index contributed by atoms with van der Waals surface area (Å²) in [5.74, 6) is 0.196. The SMILES string of the molecule is NC(=O)NCCCCC(=O)N(Cc1cccc(Br)c1)C1CC1. The number of primary amides is 1. The van der Waals surface area contributed by atoms with Gasteiger partial charge in [0, 0.05) is 30.0 Å². The molecule has 0 aliphatic heterocycles. The molecule has 0 spiro atoms. The van der Waals surface area contributed by atoms with E-state index in [1.165, 1.54) is 0 Å². The van der Waals surface area contributed by atoms with E-state index in [1.54, 1.807) is 0 Å². The lowest BCUT2D eigenvalue weighted by molar-refractivity contribution is -0.132. The zero-order valence-corrected chi connectivity index (χ0v) is 14.1. The van der Waals surface area contributed by atoms with Gasteiger partial charge in [-0.05, 0) is 43.4 Å². The van der Waals surface area contributed by atoms with Crippen molar-refractivity contribution >= 4 is 27.9 Å². The van der Waals surface area contributed by atoms with Crippen LogP contribution in [0.3, 0.4) is 0 Å². The lowest BCUT2D eigenvalue weighted by Crippen LogP contribution is -2.33. The maximum Gasteiger partial charge on any atom is 0.312 e. The van der Waals surface area contributed by atoms with Crippen LogP contribution >= 0.6 is 15.9 Å². The number of hydrogen-bond donors (Lipinski definition) is 2. The second-order valence-electron chi connectivity index (χ2n) is 5.63. The van der Waals surface area contributed by atoms with E-state index in [0.29, 0.717) is 25.6 Å². The Morgan fingerprint density at radius 1 is 1.32 bits per heavy atom. The highest BCUT2D eigenvalue weighted by molar-refractivity contribution is 9.10. The number of urea groups is 1. The van der Waals surface area contributed by atoms with Crippen LogP contribution < -0.4 is 11.1 Å². The Balaban J connectivity index is 1.80. The molecule has 0 saturated heterocycles. The van der Waals surface area contributed by atoms with Gasteiger partial charge in [0.1, 0.15) is 0 Å². The molecular weight excluding hydrogens is 346 g/mol. The van der Waals surface area contributed by atoms with E-state index in [0.717, 1.165) is 35.7 Å². The van der Waals surface area contributed by atoms with Crippen LogP contribution in [0.2, 0.25) is 0 Å². The predicted molar refractivity (Wildman–Crippen MR) is 89.2 cm³/mol. The molecule has 2 rings (SSSR count). The van der Waals surface area contributed by atoms with Crippen LogP contribution in [-0.2, 0) is 11.3 Å². The van der Waals surface area contributed by atoms with E-state index < -0.39 is 6.03 Å². The van der Waals surface area contributed by atoms with Crippen LogP contribution in [0.15, 0.2) is 28.7 Å². The Kier molecular flexibility index (Phi) is 6.24. The molecule has 5 nitrogen and oxygen atoms in total. The average molecular weight is 368 g/mol. The molecule has 1 aliphatic rings. The van der Waals surface area contributed by atoms with Crippen LogP contribution in [0.25, 0.3) is 0 Å². The minimum absolute atomic E-state index is 0.196. The lowest BCUT2D eigenvalue weighted by atomic mass is 10.1. The number of rotatable bonds is 8. The van der Waals surface area contributed by atoms with Gasteiger partial charge >= 0.3 is 6.03 Å². The van der Waals surface area contributed by atoms with Crippen molar-refractivity contribution in [2.75, 3.05) is 6.54 Å². The number of unbranched alkanes of at least 4 members (excludes halogenated alkanes) is 1. The van der Waals surface area contributed by atoms with E-state index in [2.05, 4.69) is 27.3 Å². The number of halogens is 1. The number of nitrogens with one attached hydrogen (secondary N) is 1. The molecule has 0 heterocycles. The van der Waals surface area contributed by atoms with Crippen molar-refractivity contribution < 1.29 is 9.59 Å². The molecule has 3 N–H and O–H groups in total. The Labute approximate surface area is 139 Å². The van der Waals surface area contributed by atoms with Crippen LogP contribution in [0.4, 0.5) is 4.79 Å². The summed E-state index contributed by atoms with van der Waals surface area (Å²) in [5, 5.41) is 2.54. The van der Waals surface area contributed by atoms with Crippen molar-refractivity contribution in [3.63, 3.8) is 0 Å². The van der Waals surface area contributed by atoms with Gasteiger partial charge in [0.25, 0.3) is 0 Å². The first-order chi connectivity index (χ1) is 10.6. The molecular formula is C16H22BrN3O2. The van der Waals surface area contributed by atoms with Gasteiger partial charge in [-0.15, -0.1) is 0 Å². The summed E-state index contributed by atoms with van der Waals surface area (Å²) < 4.78 is 1.03. The van der Waals surface area contributed by atoms with Crippen molar-refractivity contribution in [2.45, 2.75) is 44.7 Å². The van der Waals surface area contributed by atoms with Gasteiger partial charge in [-0.1, -0.05) is 28.1 Å². The first-order valence-electron chi connectivity index (χ1n) is 7.63. The lowest BCUT2D eigenvalue weighted by Gasteiger charge is -2.23. The molecule has 120 valence electrons. The van der Waals surface area contributed by atoms with Gasteiger partial charge in [-0.25, -0.2) is 4.79 Å². The van der Waals surface area contributed by atoms with Gasteiger partial charge in [0.2, 0.25) is 5.91 Å². The topological polar surface area (TPSA) is 75.4 Å². The van der Waals surface area contributed by atoms with Crippen LogP contribution in [0.1, 0.15) is 37.7 Å². The number of benzene rings is 1. The number of nitrogens with two attached hydrogens (primary N) is 1. The highest BCUT2D eigenvalue weighted by atomic mass is 79.9. The number of carbonyl (C=O) groups excluding carboxylic acids is 2. The van der Waals surface area contributed by atoms with Crippen LogP contribution in [0, 0.1) is 0 Å². The smallest absolute Gasteiger partial charge is 0.312 e. The molecule has 0 atom stereocenters. The van der Waals surface area contributed by atoms with Gasteiger partial charge in [0.05, 0.1) is 0 Å². The fourth-order valence-corrected chi connectivity index (χ4v) is 2.84. The molecule has 0 unspecified atom stereocenters. The molecule has 1 aliphatic carbocycles. The number of carbonyl (C=O) groups is 2. The zero-order valence-electron chi connectivity index (χ0n) is 12.6. The quantitative estimate of drug-likeness (QED) is 0.693. The van der Waals surface area contributed by atoms with E-state index in [9.17, 15) is 9.59 Å². The fraction of sp³-hybridized carbons (Fsp3) is 0.500. The standard InChI is InChI=1S/C16H22BrN3O2/c17-13-5-3-4-12(10-13)11-20(14-7-8-14)15(21)6-1-2-9-19-16(18)22/h3-5,10,14H,1-2,6-9,11H2,(H3,18,19,22). The molecule has 1 saturated carbocycles. The molecule has 0 aromatic heterocycles. The van der Waals surface area contributed by atoms with Crippen molar-refractivity contribution in [3.8, 4) is 0 Å². The van der Waals surface area contributed by atoms with Gasteiger partial charge in [-0.2, -0.15) is 0 Å². The number of hydrogen-bond acceptors (Lipinski definition) is 2. The fourth-order valence-electron chi connectivity index (χ4n) is 2.40. The highest BCUT2D eigenvalue weighted by Gasteiger charge is 2.32. The summed E-state index contributed by atoms with van der Waals surface area (Å²) in [5.41, 5.74) is 6.14. The van der Waals surface area contributed by atoms with Gasteiger partial charge < -0.3 is 16.0 Å². The second-order valence-corrected chi connectivity index (χ2v) is 6.55. The van der Waals surface area contributed by atoms with E-state index in [-0.39, 0.29) is 5.91 Å². The van der Waals surface area contributed by atoms with Crippen molar-refractivity contribution in [3.05, 3.63) is 34.3 Å². The summed E-state index contributed by atoms with van der Waals surface area (Å²) in [6.45, 7) is 1.19. The third kappa shape index (κ3) is 5.67. The maximum atomic E-state index is 12.4. The van der Waals surface area contributed by atoms with E-state index in [1.807, 2.05) is 23.1 Å². The molecule has 1 aromatic carbocycles. The van der Waals surface area contributed by atoms with Crippen LogP contribution in [-0.4, -0.2) is 29.4 Å². The highest BCUT2D eigenvalue weighted by Crippen LogP contribution is 2.29. The normalized spacial score (nSPS) is 13.7. The van der Waals surface area contributed by atoms with Gasteiger partial charge in [0.15, 0.2) is 0 Å². The molecule has 3 amide bonds. The average Bonchev–Trinajstić information content (AvgIpc) is 3.28. The third-order valence-corrected chi connectivity index (χ3v) is 4.16. The van der Waals surface area contributed by atoms with Crippen molar-refractivity contribution in [1.29, 1.82) is 0 Å². The van der Waals surface area contributed by atoms with E-state index >= 15 is 0 Å². The first kappa shape index (κ1) is 16.8. The summed E-state index contributed by atoms with van der Waals surface area (Å²) in [6.07, 6.45) is 4.25. The van der Waals surface area contributed by atoms with Crippen molar-refractivity contribution in [2.24, 2.45) is 5.73 Å². The monoisotopic (exact) mass is 367 g/mol. The molecule has 0 radical (unpaired) electrons. The molecule has 1 fully saturated rings. The summed E-state index contributed by atoms with van der Waals surface area (Å²) >= 11 is 3.46. The molecule has 6 heteroatoms. The largest absolute Gasteiger partial charge is 0.352 e. The zero-order chi connectivity index (χ0) is 15.9. The maximum absolute atomic E-state index is 12.4. The Morgan fingerprint density at radius 2 is 2.09 bits per heavy atom. The Bertz CT molecular complexity index is 532. The second kappa shape index (κ2) is 8.17. The van der Waals surface area contributed by atoms with Crippen LogP contribution in [0.5, 0.6) is 0 Å². The van der Waals surface area contributed by atoms with Gasteiger partial charge in [-0.3, -0.25) is 4.79 Å². The molecule has 1 aromatic rings. The molecule has 0 bridgehead atoms. The number of nitrogens with zero attached hydrogens (tertiary/aromatic N) is 1. The third-order valence-electron chi connectivity index (χ3n) is 3.67. The van der Waals surface area contributed by atoms with E-state index in [4.69, 9.17) is 5.73 Å². The minimum Gasteiger partial charge on any atom is -0.352 e.